The van der Waals surface area contributed by atoms with Crippen LogP contribution in [0.15, 0.2) is 0 Å². The zero-order valence-electron chi connectivity index (χ0n) is 6.29. The van der Waals surface area contributed by atoms with E-state index in [0.717, 1.165) is 6.42 Å². The normalized spacial score (nSPS) is 11.5. The first-order chi connectivity index (χ1) is 4.22. The number of carbonyl (C=O) groups is 1. The molecule has 0 amide bonds. The molecule has 0 bridgehead atoms. The summed E-state index contributed by atoms with van der Waals surface area (Å²) in [4.78, 5) is 10.6. The molecule has 0 spiro atoms. The molecule has 0 aliphatic carbocycles. The van der Waals surface area contributed by atoms with Gasteiger partial charge in [-0.1, -0.05) is 13.3 Å². The van der Waals surface area contributed by atoms with Crippen molar-refractivity contribution in [2.75, 3.05) is 7.11 Å². The van der Waals surface area contributed by atoms with E-state index in [9.17, 15) is 4.79 Å². The standard InChI is InChI=1S/C6H13NO2.ClH/c1-3-4-5(7)6(8)9-2;/h5H,3-4,7H2,1-2H3;1H. The predicted molar refractivity (Wildman–Crippen MR) is 42.1 cm³/mol. The quantitative estimate of drug-likeness (QED) is 0.630. The average Bonchev–Trinajstić information content (AvgIpc) is 1.87. The molecule has 1 atom stereocenters. The van der Waals surface area contributed by atoms with Crippen LogP contribution in [0.5, 0.6) is 0 Å². The van der Waals surface area contributed by atoms with Crippen molar-refractivity contribution in [1.82, 2.24) is 0 Å². The van der Waals surface area contributed by atoms with Crippen LogP contribution in [0.4, 0.5) is 0 Å². The zero-order valence-corrected chi connectivity index (χ0v) is 7.11. The summed E-state index contributed by atoms with van der Waals surface area (Å²) >= 11 is 0. The molecule has 4 heteroatoms. The van der Waals surface area contributed by atoms with Crippen molar-refractivity contribution in [3.8, 4) is 0 Å². The van der Waals surface area contributed by atoms with Crippen LogP contribution in [0.2, 0.25) is 0 Å². The zero-order chi connectivity index (χ0) is 7.28. The first-order valence-corrected chi connectivity index (χ1v) is 3.05. The van der Waals surface area contributed by atoms with E-state index in [4.69, 9.17) is 5.73 Å². The molecule has 0 saturated heterocycles. The van der Waals surface area contributed by atoms with Crippen molar-refractivity contribution in [3.63, 3.8) is 0 Å². The Balaban J connectivity index is 0. The number of carbonyl (C=O) groups excluding carboxylic acids is 1. The van der Waals surface area contributed by atoms with E-state index >= 15 is 0 Å². The molecule has 0 saturated carbocycles. The summed E-state index contributed by atoms with van der Waals surface area (Å²) in [5, 5.41) is 0. The summed E-state index contributed by atoms with van der Waals surface area (Å²) in [5.41, 5.74) is 5.36. The maximum absolute atomic E-state index is 10.6. The van der Waals surface area contributed by atoms with Gasteiger partial charge in [0.2, 0.25) is 0 Å². The number of nitrogens with two attached hydrogens (primary N) is 1. The van der Waals surface area contributed by atoms with E-state index in [2.05, 4.69) is 4.74 Å². The lowest BCUT2D eigenvalue weighted by Gasteiger charge is -2.05. The Bertz CT molecular complexity index is 97.7. The second-order valence-corrected chi connectivity index (χ2v) is 1.92. The van der Waals surface area contributed by atoms with Crippen molar-refractivity contribution in [2.45, 2.75) is 25.8 Å². The van der Waals surface area contributed by atoms with Crippen LogP contribution in [0, 0.1) is 0 Å². The number of ether oxygens (including phenoxy) is 1. The van der Waals surface area contributed by atoms with Crippen LogP contribution in [-0.2, 0) is 9.53 Å². The van der Waals surface area contributed by atoms with E-state index in [-0.39, 0.29) is 18.4 Å². The molecule has 3 nitrogen and oxygen atoms in total. The lowest BCUT2D eigenvalue weighted by molar-refractivity contribution is -0.142. The molecule has 0 radical (unpaired) electrons. The van der Waals surface area contributed by atoms with Crippen molar-refractivity contribution < 1.29 is 9.53 Å². The van der Waals surface area contributed by atoms with Gasteiger partial charge < -0.3 is 10.5 Å². The molecule has 0 rings (SSSR count). The Kier molecular flexibility index (Phi) is 8.48. The molecule has 0 aliphatic rings. The highest BCUT2D eigenvalue weighted by molar-refractivity contribution is 5.85. The molecule has 0 heterocycles. The molecule has 62 valence electrons. The number of methoxy groups -OCH3 is 1. The number of rotatable bonds is 3. The van der Waals surface area contributed by atoms with Gasteiger partial charge in [-0.15, -0.1) is 12.4 Å². The summed E-state index contributed by atoms with van der Waals surface area (Å²) in [5.74, 6) is -0.322. The van der Waals surface area contributed by atoms with Gasteiger partial charge in [-0.2, -0.15) is 0 Å². The fourth-order valence-electron chi connectivity index (χ4n) is 0.580. The maximum atomic E-state index is 10.6. The lowest BCUT2D eigenvalue weighted by atomic mass is 10.2. The lowest BCUT2D eigenvalue weighted by Crippen LogP contribution is -2.31. The monoisotopic (exact) mass is 167 g/mol. The topological polar surface area (TPSA) is 52.3 Å². The summed E-state index contributed by atoms with van der Waals surface area (Å²) < 4.78 is 4.40. The first kappa shape index (κ1) is 12.4. The smallest absolute Gasteiger partial charge is 0.322 e. The second-order valence-electron chi connectivity index (χ2n) is 1.92. The van der Waals surface area contributed by atoms with E-state index in [0.29, 0.717) is 6.42 Å². The van der Waals surface area contributed by atoms with Gasteiger partial charge in [-0.3, -0.25) is 4.79 Å². The highest BCUT2D eigenvalue weighted by atomic mass is 35.5. The molecule has 0 fully saturated rings. The van der Waals surface area contributed by atoms with E-state index < -0.39 is 6.04 Å². The third kappa shape index (κ3) is 4.58. The predicted octanol–water partition coefficient (Wildman–Crippen LogP) is 0.709. The molecule has 1 unspecified atom stereocenters. The van der Waals surface area contributed by atoms with Gasteiger partial charge in [0, 0.05) is 0 Å². The number of hydrogen-bond donors (Lipinski definition) is 1. The Morgan fingerprint density at radius 2 is 2.20 bits per heavy atom. The Labute approximate surface area is 67.3 Å². The van der Waals surface area contributed by atoms with Gasteiger partial charge >= 0.3 is 5.97 Å². The summed E-state index contributed by atoms with van der Waals surface area (Å²) in [7, 11) is 1.35. The highest BCUT2D eigenvalue weighted by Gasteiger charge is 2.10. The fourth-order valence-corrected chi connectivity index (χ4v) is 0.580. The second kappa shape index (κ2) is 6.83. The van der Waals surface area contributed by atoms with Crippen LogP contribution >= 0.6 is 12.4 Å². The molecule has 0 aliphatic heterocycles. The average molecular weight is 168 g/mol. The van der Waals surface area contributed by atoms with Gasteiger partial charge in [0.25, 0.3) is 0 Å². The minimum atomic E-state index is -0.431. The Morgan fingerprint density at radius 1 is 1.70 bits per heavy atom. The maximum Gasteiger partial charge on any atom is 0.322 e. The van der Waals surface area contributed by atoms with Crippen molar-refractivity contribution >= 4 is 18.4 Å². The largest absolute Gasteiger partial charge is 0.468 e. The van der Waals surface area contributed by atoms with E-state index in [1.807, 2.05) is 6.92 Å². The van der Waals surface area contributed by atoms with Gasteiger partial charge in [-0.05, 0) is 6.42 Å². The molecule has 0 aromatic heterocycles. The fraction of sp³-hybridized carbons (Fsp3) is 0.833. The van der Waals surface area contributed by atoms with Gasteiger partial charge in [-0.25, -0.2) is 0 Å². The number of hydrogen-bond acceptors (Lipinski definition) is 3. The molecule has 0 aromatic rings. The van der Waals surface area contributed by atoms with Crippen LogP contribution in [-0.4, -0.2) is 19.1 Å². The third-order valence-corrected chi connectivity index (χ3v) is 1.10. The minimum Gasteiger partial charge on any atom is -0.468 e. The van der Waals surface area contributed by atoms with Gasteiger partial charge in [0.1, 0.15) is 6.04 Å². The van der Waals surface area contributed by atoms with Crippen molar-refractivity contribution in [2.24, 2.45) is 5.73 Å². The minimum absolute atomic E-state index is 0. The van der Waals surface area contributed by atoms with Crippen molar-refractivity contribution in [1.29, 1.82) is 0 Å². The van der Waals surface area contributed by atoms with E-state index in [1.165, 1.54) is 7.11 Å². The summed E-state index contributed by atoms with van der Waals surface area (Å²) in [6, 6.07) is -0.431. The number of esters is 1. The number of halogens is 1. The SMILES string of the molecule is CCCC(N)C(=O)OC.Cl. The Hall–Kier alpha value is -0.280. The van der Waals surface area contributed by atoms with Crippen LogP contribution in [0.3, 0.4) is 0 Å². The van der Waals surface area contributed by atoms with Crippen molar-refractivity contribution in [3.05, 3.63) is 0 Å². The molecular weight excluding hydrogens is 154 g/mol. The molecular formula is C6H14ClNO2. The summed E-state index contributed by atoms with van der Waals surface area (Å²) in [6.07, 6.45) is 1.61. The van der Waals surface area contributed by atoms with Crippen LogP contribution < -0.4 is 5.73 Å². The third-order valence-electron chi connectivity index (χ3n) is 1.10. The van der Waals surface area contributed by atoms with E-state index in [1.54, 1.807) is 0 Å². The molecule has 2 N–H and O–H groups in total. The Morgan fingerprint density at radius 3 is 2.50 bits per heavy atom. The van der Waals surface area contributed by atoms with Crippen LogP contribution in [0.25, 0.3) is 0 Å². The highest BCUT2D eigenvalue weighted by Crippen LogP contribution is 1.93. The molecule has 10 heavy (non-hydrogen) atoms. The van der Waals surface area contributed by atoms with Crippen LogP contribution in [0.1, 0.15) is 19.8 Å². The first-order valence-electron chi connectivity index (χ1n) is 3.05. The van der Waals surface area contributed by atoms with Gasteiger partial charge in [0.15, 0.2) is 0 Å². The molecule has 0 aromatic carbocycles. The van der Waals surface area contributed by atoms with Gasteiger partial charge in [0.05, 0.1) is 7.11 Å². The summed E-state index contributed by atoms with van der Waals surface area (Å²) in [6.45, 7) is 1.98.